The molecule has 32 heavy (non-hydrogen) atoms. The first kappa shape index (κ1) is 35.7. The Kier molecular flexibility index (Phi) is 18.5. The molecular weight excluding hydrogens is 540 g/mol. The van der Waals surface area contributed by atoms with Gasteiger partial charge in [0.25, 0.3) is 0 Å². The quantitative estimate of drug-likeness (QED) is 0.203. The molecule has 4 rings (SSSR count). The fourth-order valence-electron chi connectivity index (χ4n) is 3.25. The summed E-state index contributed by atoms with van der Waals surface area (Å²) in [4.78, 5) is 0. The molecule has 0 spiro atoms. The van der Waals surface area contributed by atoms with Crippen molar-refractivity contribution in [3.63, 3.8) is 0 Å². The Morgan fingerprint density at radius 1 is 0.938 bits per heavy atom. The standard InChI is InChI=1S/C15H9F2.C9H13.2CH3.2ClH.Si.Zr/c16-11-6-8-15(17)14(9-11)13-7-5-10-3-1-2-4-12(10)13;1-6-5-7(2)9(4)8(6)3;;;;;;/h1-9H;6H,1-4H3;2*1H3;2*1H;;/q4*-1;;;;. The topological polar surface area (TPSA) is 0 Å². The number of halogens is 4. The number of hydrogen-bond acceptors (Lipinski definition) is 0. The van der Waals surface area contributed by atoms with Crippen LogP contribution in [-0.4, -0.2) is 6.88 Å². The predicted molar refractivity (Wildman–Crippen MR) is 138 cm³/mol. The van der Waals surface area contributed by atoms with Gasteiger partial charge < -0.3 is 14.9 Å². The van der Waals surface area contributed by atoms with Crippen LogP contribution >= 0.6 is 24.8 Å². The Morgan fingerprint density at radius 2 is 1.53 bits per heavy atom. The van der Waals surface area contributed by atoms with Crippen LogP contribution in [0.5, 0.6) is 0 Å². The van der Waals surface area contributed by atoms with Gasteiger partial charge in [0, 0.05) is 0 Å². The zero-order chi connectivity index (χ0) is 20.8. The monoisotopic (exact) mass is 568 g/mol. The summed E-state index contributed by atoms with van der Waals surface area (Å²) in [5.74, 6) is -0.264. The van der Waals surface area contributed by atoms with E-state index in [4.69, 9.17) is 0 Å². The molecule has 1 aliphatic rings. The molecule has 3 aromatic rings. The Hall–Kier alpha value is -0.930. The van der Waals surface area contributed by atoms with Crippen LogP contribution < -0.4 is 0 Å². The van der Waals surface area contributed by atoms with E-state index >= 15 is 0 Å². The van der Waals surface area contributed by atoms with Gasteiger partial charge in [-0.15, -0.1) is 78.4 Å². The molecule has 0 amide bonds. The summed E-state index contributed by atoms with van der Waals surface area (Å²) in [7, 11) is 0. The van der Waals surface area contributed by atoms with Gasteiger partial charge in [-0.3, -0.25) is 6.08 Å². The van der Waals surface area contributed by atoms with Gasteiger partial charge >= 0.3 is 30.2 Å². The number of benzene rings is 2. The van der Waals surface area contributed by atoms with Crippen LogP contribution in [0.4, 0.5) is 8.78 Å². The zero-order valence-corrected chi connectivity index (χ0v) is 24.4. The molecule has 0 saturated carbocycles. The summed E-state index contributed by atoms with van der Waals surface area (Å²) in [6.07, 6.45) is 3.36. The van der Waals surface area contributed by atoms with Crippen molar-refractivity contribution in [3.05, 3.63) is 104 Å². The molecule has 2 radical (unpaired) electrons. The van der Waals surface area contributed by atoms with Gasteiger partial charge in [0.05, 0.1) is 0 Å². The first-order chi connectivity index (χ1) is 13.4. The molecule has 0 N–H and O–H groups in total. The van der Waals surface area contributed by atoms with Crippen LogP contribution in [0.2, 0.25) is 0 Å². The predicted octanol–water partition coefficient (Wildman–Crippen LogP) is 8.59. The van der Waals surface area contributed by atoms with E-state index in [2.05, 4.69) is 40.7 Å². The Morgan fingerprint density at radius 3 is 2.03 bits per heavy atom. The molecule has 1 aliphatic carbocycles. The number of rotatable bonds is 1. The van der Waals surface area contributed by atoms with Crippen LogP contribution in [0.25, 0.3) is 21.9 Å². The Balaban J connectivity index is -0.000000490. The SMILES string of the molecule is CC1=[C-]C(C)C(C)=C1C.Cl.Cl.Fc1ccc(F)c(-c2c[cH-]c3ccccc23)c1.[CH3-].[CH3-].[Si]=[Zr]. The summed E-state index contributed by atoms with van der Waals surface area (Å²) in [6, 6.07) is 14.9. The first-order valence-electron chi connectivity index (χ1n) is 9.01. The third kappa shape index (κ3) is 8.45. The molecular formula is C26H30Cl2F2SiZr-4. The molecule has 0 aromatic heterocycles. The Labute approximate surface area is 222 Å². The van der Waals surface area contributed by atoms with E-state index in [0.29, 0.717) is 11.5 Å². The molecule has 1 unspecified atom stereocenters. The van der Waals surface area contributed by atoms with Crippen molar-refractivity contribution in [1.82, 2.24) is 0 Å². The zero-order valence-electron chi connectivity index (χ0n) is 19.3. The molecule has 174 valence electrons. The third-order valence-corrected chi connectivity index (χ3v) is 5.14. The van der Waals surface area contributed by atoms with Gasteiger partial charge in [-0.1, -0.05) is 32.8 Å². The van der Waals surface area contributed by atoms with Gasteiger partial charge in [-0.2, -0.15) is 11.1 Å². The molecule has 0 nitrogen and oxygen atoms in total. The third-order valence-electron chi connectivity index (χ3n) is 5.14. The van der Waals surface area contributed by atoms with Crippen LogP contribution in [0.1, 0.15) is 27.7 Å². The molecule has 6 heteroatoms. The molecule has 0 fully saturated rings. The maximum absolute atomic E-state index is 13.7. The molecule has 3 aromatic carbocycles. The molecule has 1 atom stereocenters. The van der Waals surface area contributed by atoms with Crippen LogP contribution in [0.3, 0.4) is 0 Å². The summed E-state index contributed by atoms with van der Waals surface area (Å²) in [5.41, 5.74) is 5.29. The average molecular weight is 571 g/mol. The number of fused-ring (bicyclic) bond motifs is 1. The van der Waals surface area contributed by atoms with Crippen LogP contribution in [0, 0.1) is 38.5 Å². The maximum atomic E-state index is 13.7. The van der Waals surface area contributed by atoms with E-state index in [1.807, 2.05) is 36.4 Å². The van der Waals surface area contributed by atoms with Crippen molar-refractivity contribution < 1.29 is 32.1 Å². The van der Waals surface area contributed by atoms with E-state index in [1.165, 1.54) is 46.1 Å². The molecule has 0 heterocycles. The Bertz CT molecular complexity index is 1040. The second-order valence-electron chi connectivity index (χ2n) is 6.76. The summed E-state index contributed by atoms with van der Waals surface area (Å²) >= 11 is 1.36. The van der Waals surface area contributed by atoms with Crippen molar-refractivity contribution in [2.24, 2.45) is 5.92 Å². The van der Waals surface area contributed by atoms with Gasteiger partial charge in [0.1, 0.15) is 11.6 Å². The number of allylic oxidation sites excluding steroid dienone is 4. The van der Waals surface area contributed by atoms with E-state index in [1.54, 1.807) is 0 Å². The van der Waals surface area contributed by atoms with Crippen LogP contribution in [-0.2, 0) is 23.3 Å². The van der Waals surface area contributed by atoms with Gasteiger partial charge in [0.2, 0.25) is 0 Å². The fraction of sp³-hybridized carbons (Fsp3) is 0.192. The molecule has 0 saturated heterocycles. The van der Waals surface area contributed by atoms with E-state index in [0.717, 1.165) is 28.5 Å². The average Bonchev–Trinajstić information content (AvgIpc) is 3.23. The summed E-state index contributed by atoms with van der Waals surface area (Å²) in [6.45, 7) is 11.7. The second kappa shape index (κ2) is 16.6. The van der Waals surface area contributed by atoms with Crippen LogP contribution in [0.15, 0.2) is 71.3 Å². The van der Waals surface area contributed by atoms with Gasteiger partial charge in [-0.25, -0.2) is 14.4 Å². The van der Waals surface area contributed by atoms with Crippen molar-refractivity contribution in [3.8, 4) is 11.1 Å². The second-order valence-corrected chi connectivity index (χ2v) is 6.76. The van der Waals surface area contributed by atoms with Gasteiger partial charge in [-0.05, 0) is 23.8 Å². The van der Waals surface area contributed by atoms with E-state index in [9.17, 15) is 8.78 Å². The molecule has 0 aliphatic heterocycles. The molecule has 0 bridgehead atoms. The van der Waals surface area contributed by atoms with E-state index in [-0.39, 0.29) is 39.7 Å². The minimum atomic E-state index is -0.424. The summed E-state index contributed by atoms with van der Waals surface area (Å²) in [5, 5.41) is 1.98. The van der Waals surface area contributed by atoms with E-state index < -0.39 is 11.6 Å². The van der Waals surface area contributed by atoms with Crippen molar-refractivity contribution in [1.29, 1.82) is 0 Å². The van der Waals surface area contributed by atoms with Crippen molar-refractivity contribution in [2.75, 3.05) is 0 Å². The number of hydrogen-bond donors (Lipinski definition) is 0. The first-order valence-corrected chi connectivity index (χ1v) is 13.2. The normalized spacial score (nSPS) is 13.5. The van der Waals surface area contributed by atoms with Gasteiger partial charge in [0.15, 0.2) is 0 Å². The fourth-order valence-corrected chi connectivity index (χ4v) is 3.25. The summed E-state index contributed by atoms with van der Waals surface area (Å²) < 4.78 is 26.9. The van der Waals surface area contributed by atoms with Crippen molar-refractivity contribution in [2.45, 2.75) is 27.7 Å². The minimum absolute atomic E-state index is 0. The van der Waals surface area contributed by atoms with Crippen molar-refractivity contribution >= 4 is 42.5 Å².